The highest BCUT2D eigenvalue weighted by Crippen LogP contribution is 2.10. The lowest BCUT2D eigenvalue weighted by Crippen LogP contribution is -2.21. The minimum absolute atomic E-state index is 0.115. The highest BCUT2D eigenvalue weighted by atomic mass is 16.5. The second-order valence-electron chi connectivity index (χ2n) is 13.0. The summed E-state index contributed by atoms with van der Waals surface area (Å²) in [6.45, 7) is 3.47. The van der Waals surface area contributed by atoms with Crippen LogP contribution in [0.5, 0.6) is 0 Å². The Labute approximate surface area is 306 Å². The van der Waals surface area contributed by atoms with Gasteiger partial charge in [0.15, 0.2) is 0 Å². The number of ether oxygens (including phenoxy) is 2. The summed E-state index contributed by atoms with van der Waals surface area (Å²) in [6.07, 6.45) is 42.3. The van der Waals surface area contributed by atoms with Crippen molar-refractivity contribution >= 4 is 11.9 Å². The third-order valence-corrected chi connectivity index (χ3v) is 7.96. The van der Waals surface area contributed by atoms with Gasteiger partial charge in [-0.25, -0.2) is 0 Å². The summed E-state index contributed by atoms with van der Waals surface area (Å²) < 4.78 is 9.70. The zero-order valence-corrected chi connectivity index (χ0v) is 32.0. The molecule has 0 spiro atoms. The van der Waals surface area contributed by atoms with Crippen LogP contribution in [-0.2, 0) is 19.1 Å². The van der Waals surface area contributed by atoms with Gasteiger partial charge in [-0.05, 0) is 77.0 Å². The van der Waals surface area contributed by atoms with Crippen LogP contribution in [0.1, 0.15) is 168 Å². The molecule has 0 heterocycles. The summed E-state index contributed by atoms with van der Waals surface area (Å²) in [6, 6.07) is 0. The van der Waals surface area contributed by atoms with E-state index in [9.17, 15) is 9.59 Å². The molecule has 0 aliphatic carbocycles. The standard InChI is InChI=1S/2C21H38O4/c2*1-2-3-4-5-6-7-8-9-10-11-12-13-14-15-16-17-21(24)25-19-20(23)18-22/h2*6-7,9-10,20,22-23H,2-5,8,11-19H2,1H3/b2*7-6-,10-9-. The Morgan fingerprint density at radius 3 is 1.08 bits per heavy atom. The summed E-state index contributed by atoms with van der Waals surface area (Å²) in [5, 5.41) is 35.4. The van der Waals surface area contributed by atoms with E-state index in [0.717, 1.165) is 64.2 Å². The second-order valence-corrected chi connectivity index (χ2v) is 13.0. The molecule has 0 rings (SSSR count). The third kappa shape index (κ3) is 43.8. The van der Waals surface area contributed by atoms with Crippen molar-refractivity contribution in [3.05, 3.63) is 48.6 Å². The molecule has 0 radical (unpaired) electrons. The second kappa shape index (κ2) is 42.9. The molecular weight excluding hydrogens is 632 g/mol. The van der Waals surface area contributed by atoms with Crippen LogP contribution in [0.25, 0.3) is 0 Å². The van der Waals surface area contributed by atoms with E-state index < -0.39 is 12.2 Å². The van der Waals surface area contributed by atoms with Crippen molar-refractivity contribution in [2.75, 3.05) is 26.4 Å². The molecule has 292 valence electrons. The van der Waals surface area contributed by atoms with Gasteiger partial charge in [-0.3, -0.25) is 9.59 Å². The van der Waals surface area contributed by atoms with E-state index in [2.05, 4.69) is 62.5 Å². The Hall–Kier alpha value is -2.26. The van der Waals surface area contributed by atoms with Crippen LogP contribution in [-0.4, -0.2) is 71.0 Å². The zero-order chi connectivity index (χ0) is 37.2. The number of rotatable bonds is 34. The topological polar surface area (TPSA) is 134 Å². The van der Waals surface area contributed by atoms with E-state index in [4.69, 9.17) is 29.9 Å². The molecule has 0 aliphatic heterocycles. The molecule has 0 fully saturated rings. The number of hydrogen-bond acceptors (Lipinski definition) is 8. The zero-order valence-electron chi connectivity index (χ0n) is 32.0. The lowest BCUT2D eigenvalue weighted by molar-refractivity contribution is -0.148. The van der Waals surface area contributed by atoms with Gasteiger partial charge < -0.3 is 29.9 Å². The van der Waals surface area contributed by atoms with Gasteiger partial charge in [-0.1, -0.05) is 127 Å². The molecule has 0 aromatic carbocycles. The molecule has 0 aromatic rings. The monoisotopic (exact) mass is 709 g/mol. The van der Waals surface area contributed by atoms with Gasteiger partial charge in [0.05, 0.1) is 13.2 Å². The van der Waals surface area contributed by atoms with Gasteiger partial charge in [0, 0.05) is 12.8 Å². The molecular formula is C42H76O8. The molecule has 0 aliphatic rings. The number of aliphatic hydroxyl groups is 4. The Morgan fingerprint density at radius 2 is 0.760 bits per heavy atom. The van der Waals surface area contributed by atoms with Crippen molar-refractivity contribution in [2.45, 2.75) is 180 Å². The fourth-order valence-electron chi connectivity index (χ4n) is 4.79. The summed E-state index contributed by atoms with van der Waals surface area (Å²) in [5.74, 6) is -0.587. The Morgan fingerprint density at radius 1 is 0.460 bits per heavy atom. The number of hydrogen-bond donors (Lipinski definition) is 4. The van der Waals surface area contributed by atoms with Crippen molar-refractivity contribution in [3.8, 4) is 0 Å². The largest absolute Gasteiger partial charge is 0.463 e. The average Bonchev–Trinajstić information content (AvgIpc) is 3.12. The molecule has 0 aromatic heterocycles. The molecule has 2 unspecified atom stereocenters. The molecule has 0 bridgehead atoms. The van der Waals surface area contributed by atoms with Gasteiger partial charge in [0.1, 0.15) is 25.4 Å². The Bertz CT molecular complexity index is 768. The average molecular weight is 709 g/mol. The van der Waals surface area contributed by atoms with Crippen LogP contribution in [0.2, 0.25) is 0 Å². The number of carbonyl (C=O) groups is 2. The van der Waals surface area contributed by atoms with Crippen LogP contribution in [0, 0.1) is 0 Å². The molecule has 50 heavy (non-hydrogen) atoms. The van der Waals surface area contributed by atoms with E-state index in [1.54, 1.807) is 0 Å². The van der Waals surface area contributed by atoms with Crippen LogP contribution in [0.15, 0.2) is 48.6 Å². The van der Waals surface area contributed by atoms with Gasteiger partial charge in [0.2, 0.25) is 0 Å². The van der Waals surface area contributed by atoms with Crippen LogP contribution >= 0.6 is 0 Å². The summed E-state index contributed by atoms with van der Waals surface area (Å²) in [5.41, 5.74) is 0. The SMILES string of the molecule is CCCCC/C=C\C/C=C\CCCCCCCC(=O)OCC(O)CO.CCCCC/C=C\C/C=C\CCCCCCCC(=O)OCC(O)CO. The first kappa shape index (κ1) is 49.9. The molecule has 0 saturated heterocycles. The fraction of sp³-hybridized carbons (Fsp3) is 0.762. The molecule has 0 saturated carbocycles. The van der Waals surface area contributed by atoms with Gasteiger partial charge in [-0.15, -0.1) is 0 Å². The number of allylic oxidation sites excluding steroid dienone is 8. The first-order valence-corrected chi connectivity index (χ1v) is 19.9. The van der Waals surface area contributed by atoms with Gasteiger partial charge >= 0.3 is 11.9 Å². The molecule has 8 heteroatoms. The lowest BCUT2D eigenvalue weighted by atomic mass is 10.1. The summed E-state index contributed by atoms with van der Waals surface area (Å²) in [7, 11) is 0. The quantitative estimate of drug-likeness (QED) is 0.0295. The maximum atomic E-state index is 11.4. The normalized spacial score (nSPS) is 12.9. The van der Waals surface area contributed by atoms with Crippen molar-refractivity contribution in [1.29, 1.82) is 0 Å². The summed E-state index contributed by atoms with van der Waals surface area (Å²) >= 11 is 0. The van der Waals surface area contributed by atoms with E-state index in [0.29, 0.717) is 12.8 Å². The first-order chi connectivity index (χ1) is 24.4. The highest BCUT2D eigenvalue weighted by molar-refractivity contribution is 5.69. The molecule has 8 nitrogen and oxygen atoms in total. The number of unbranched alkanes of at least 4 members (excludes halogenated alkanes) is 16. The maximum Gasteiger partial charge on any atom is 0.305 e. The fourth-order valence-corrected chi connectivity index (χ4v) is 4.79. The van der Waals surface area contributed by atoms with E-state index >= 15 is 0 Å². The van der Waals surface area contributed by atoms with E-state index in [-0.39, 0.29) is 38.4 Å². The third-order valence-electron chi connectivity index (χ3n) is 7.96. The van der Waals surface area contributed by atoms with E-state index in [1.165, 1.54) is 77.0 Å². The van der Waals surface area contributed by atoms with Crippen LogP contribution in [0.4, 0.5) is 0 Å². The van der Waals surface area contributed by atoms with Gasteiger partial charge in [0.25, 0.3) is 0 Å². The maximum absolute atomic E-state index is 11.4. The highest BCUT2D eigenvalue weighted by Gasteiger charge is 2.08. The van der Waals surface area contributed by atoms with Crippen LogP contribution in [0.3, 0.4) is 0 Å². The minimum atomic E-state index is -0.964. The molecule has 4 N–H and O–H groups in total. The van der Waals surface area contributed by atoms with E-state index in [1.807, 2.05) is 0 Å². The Kier molecular flexibility index (Phi) is 42.8. The predicted octanol–water partition coefficient (Wildman–Crippen LogP) is 9.39. The number of carbonyl (C=O) groups excluding carboxylic acids is 2. The molecule has 0 amide bonds. The Balaban J connectivity index is 0. The van der Waals surface area contributed by atoms with Crippen LogP contribution < -0.4 is 0 Å². The van der Waals surface area contributed by atoms with Crippen molar-refractivity contribution in [3.63, 3.8) is 0 Å². The summed E-state index contributed by atoms with van der Waals surface area (Å²) in [4.78, 5) is 22.7. The van der Waals surface area contributed by atoms with Crippen molar-refractivity contribution < 1.29 is 39.5 Å². The minimum Gasteiger partial charge on any atom is -0.463 e. The number of aliphatic hydroxyl groups excluding tert-OH is 4. The van der Waals surface area contributed by atoms with Crippen molar-refractivity contribution in [2.24, 2.45) is 0 Å². The predicted molar refractivity (Wildman–Crippen MR) is 207 cm³/mol. The smallest absolute Gasteiger partial charge is 0.305 e. The first-order valence-electron chi connectivity index (χ1n) is 19.9. The van der Waals surface area contributed by atoms with Crippen molar-refractivity contribution in [1.82, 2.24) is 0 Å². The lowest BCUT2D eigenvalue weighted by Gasteiger charge is -2.08. The van der Waals surface area contributed by atoms with Gasteiger partial charge in [-0.2, -0.15) is 0 Å². The molecule has 2 atom stereocenters. The number of esters is 2.